The number of aryl methyl sites for hydroxylation is 1. The normalized spacial score (nSPS) is 16.5. The fourth-order valence-electron chi connectivity index (χ4n) is 3.78. The first-order valence-corrected chi connectivity index (χ1v) is 9.65. The van der Waals surface area contributed by atoms with Crippen LogP contribution in [0.15, 0.2) is 46.4 Å². The van der Waals surface area contributed by atoms with Crippen molar-refractivity contribution in [3.63, 3.8) is 0 Å². The molecule has 9 heteroatoms. The van der Waals surface area contributed by atoms with Crippen molar-refractivity contribution in [2.24, 2.45) is 14.1 Å². The zero-order valence-corrected chi connectivity index (χ0v) is 16.9. The molecule has 4 heterocycles. The Hall–Kier alpha value is -3.20. The van der Waals surface area contributed by atoms with Gasteiger partial charge in [-0.1, -0.05) is 0 Å². The van der Waals surface area contributed by atoms with Crippen LogP contribution in [0.5, 0.6) is 0 Å². The molecule has 1 aliphatic rings. The van der Waals surface area contributed by atoms with Gasteiger partial charge in [-0.2, -0.15) is 5.10 Å². The van der Waals surface area contributed by atoms with Crippen molar-refractivity contribution in [3.8, 4) is 5.82 Å². The highest BCUT2D eigenvalue weighted by molar-refractivity contribution is 5.40. The van der Waals surface area contributed by atoms with Crippen LogP contribution in [-0.2, 0) is 20.6 Å². The monoisotopic (exact) mass is 395 g/mol. The Morgan fingerprint density at radius 3 is 2.76 bits per heavy atom. The number of rotatable bonds is 5. The predicted octanol–water partition coefficient (Wildman–Crippen LogP) is 0.342. The van der Waals surface area contributed by atoms with Crippen molar-refractivity contribution in [3.05, 3.63) is 68.8 Å². The molecule has 9 nitrogen and oxygen atoms in total. The second kappa shape index (κ2) is 7.67. The first-order chi connectivity index (χ1) is 13.9. The molecule has 0 amide bonds. The van der Waals surface area contributed by atoms with Gasteiger partial charge in [-0.3, -0.25) is 13.9 Å². The number of aromatic nitrogens is 5. The molecule has 0 radical (unpaired) electrons. The maximum absolute atomic E-state index is 12.2. The highest BCUT2D eigenvalue weighted by Gasteiger charge is 2.24. The molecule has 1 saturated heterocycles. The second-order valence-electron chi connectivity index (χ2n) is 7.49. The van der Waals surface area contributed by atoms with Gasteiger partial charge in [-0.15, -0.1) is 0 Å². The third-order valence-corrected chi connectivity index (χ3v) is 5.44. The fourth-order valence-corrected chi connectivity index (χ4v) is 3.78. The summed E-state index contributed by atoms with van der Waals surface area (Å²) in [5.74, 6) is 1.50. The van der Waals surface area contributed by atoms with E-state index in [4.69, 9.17) is 0 Å². The summed E-state index contributed by atoms with van der Waals surface area (Å²) < 4.78 is 4.42. The Bertz CT molecular complexity index is 1130. The smallest absolute Gasteiger partial charge is 0.332 e. The molecule has 152 valence electrons. The van der Waals surface area contributed by atoms with E-state index in [9.17, 15) is 9.59 Å². The molecule has 1 fully saturated rings. The first kappa shape index (κ1) is 19.1. The van der Waals surface area contributed by atoms with Crippen molar-refractivity contribution in [2.45, 2.75) is 25.9 Å². The maximum Gasteiger partial charge on any atom is 0.332 e. The Kier molecular flexibility index (Phi) is 5.06. The topological polar surface area (TPSA) is 90.0 Å². The quantitative estimate of drug-likeness (QED) is 0.670. The lowest BCUT2D eigenvalue weighted by Crippen LogP contribution is -2.40. The lowest BCUT2D eigenvalue weighted by atomic mass is 10.2. The molecule has 0 saturated carbocycles. The maximum atomic E-state index is 12.2. The van der Waals surface area contributed by atoms with Crippen LogP contribution in [0, 0.1) is 6.92 Å². The number of nitrogens with one attached hydrogen (secondary N) is 1. The summed E-state index contributed by atoms with van der Waals surface area (Å²) >= 11 is 0. The number of anilines is 1. The first-order valence-electron chi connectivity index (χ1n) is 9.65. The number of nitrogens with zero attached hydrogens (tertiary/aromatic N) is 6. The van der Waals surface area contributed by atoms with E-state index in [-0.39, 0.29) is 17.3 Å². The summed E-state index contributed by atoms with van der Waals surface area (Å²) in [6.45, 7) is 4.29. The average Bonchev–Trinajstić information content (AvgIpc) is 3.40. The van der Waals surface area contributed by atoms with Gasteiger partial charge < -0.3 is 10.2 Å². The van der Waals surface area contributed by atoms with Crippen LogP contribution < -0.4 is 21.5 Å². The van der Waals surface area contributed by atoms with Gasteiger partial charge in [-0.25, -0.2) is 14.5 Å². The SMILES string of the molecule is Cc1cc(CN[C@H]2CCN(c3cc(=O)n(C)c(=O)n3C)C2)cnc1-n1cccn1. The molecular formula is C20H25N7O2. The fraction of sp³-hybridized carbons (Fsp3) is 0.400. The molecule has 0 aliphatic carbocycles. The summed E-state index contributed by atoms with van der Waals surface area (Å²) in [6, 6.07) is 5.81. The molecule has 0 bridgehead atoms. The minimum absolute atomic E-state index is 0.278. The second-order valence-corrected chi connectivity index (χ2v) is 7.49. The van der Waals surface area contributed by atoms with E-state index in [1.807, 2.05) is 25.4 Å². The summed E-state index contributed by atoms with van der Waals surface area (Å²) in [5, 5.41) is 7.80. The molecule has 3 aromatic rings. The van der Waals surface area contributed by atoms with E-state index in [0.717, 1.165) is 41.0 Å². The van der Waals surface area contributed by atoms with E-state index in [1.165, 1.54) is 17.7 Å². The average molecular weight is 395 g/mol. The van der Waals surface area contributed by atoms with E-state index in [0.29, 0.717) is 12.4 Å². The third-order valence-electron chi connectivity index (χ3n) is 5.44. The Morgan fingerprint density at radius 2 is 2.03 bits per heavy atom. The van der Waals surface area contributed by atoms with Crippen molar-refractivity contribution >= 4 is 5.82 Å². The Labute approximate surface area is 168 Å². The van der Waals surface area contributed by atoms with Crippen LogP contribution in [0.2, 0.25) is 0 Å². The van der Waals surface area contributed by atoms with E-state index >= 15 is 0 Å². The summed E-state index contributed by atoms with van der Waals surface area (Å²) in [6.07, 6.45) is 6.43. The molecule has 1 atom stereocenters. The zero-order chi connectivity index (χ0) is 20.5. The molecule has 1 aliphatic heterocycles. The molecule has 0 unspecified atom stereocenters. The van der Waals surface area contributed by atoms with E-state index in [2.05, 4.69) is 26.4 Å². The van der Waals surface area contributed by atoms with Crippen LogP contribution in [-0.4, -0.2) is 43.0 Å². The van der Waals surface area contributed by atoms with Crippen LogP contribution in [0.25, 0.3) is 5.82 Å². The van der Waals surface area contributed by atoms with Crippen LogP contribution >= 0.6 is 0 Å². The number of hydrogen-bond acceptors (Lipinski definition) is 6. The lowest BCUT2D eigenvalue weighted by Gasteiger charge is -2.21. The van der Waals surface area contributed by atoms with Crippen molar-refractivity contribution in [2.75, 3.05) is 18.0 Å². The van der Waals surface area contributed by atoms with Crippen LogP contribution in [0.1, 0.15) is 17.5 Å². The van der Waals surface area contributed by atoms with Crippen molar-refractivity contribution in [1.82, 2.24) is 29.2 Å². The highest BCUT2D eigenvalue weighted by Crippen LogP contribution is 2.18. The summed E-state index contributed by atoms with van der Waals surface area (Å²) in [4.78, 5) is 30.8. The summed E-state index contributed by atoms with van der Waals surface area (Å²) in [7, 11) is 3.20. The lowest BCUT2D eigenvalue weighted by molar-refractivity contribution is 0.549. The number of hydrogen-bond donors (Lipinski definition) is 1. The predicted molar refractivity (Wildman–Crippen MR) is 110 cm³/mol. The van der Waals surface area contributed by atoms with Gasteiger partial charge in [0.25, 0.3) is 5.56 Å². The Morgan fingerprint density at radius 1 is 1.21 bits per heavy atom. The standard InChI is InChI=1S/C20H25N7O2/c1-14-9-15(12-22-19(14)27-7-4-6-23-27)11-21-16-5-8-26(13-16)17-10-18(28)25(3)20(29)24(17)2/h4,6-7,9-10,12,16,21H,5,8,11,13H2,1-3H3/t16-/m0/s1. The zero-order valence-electron chi connectivity index (χ0n) is 16.9. The molecule has 4 rings (SSSR count). The van der Waals surface area contributed by atoms with Gasteiger partial charge in [0.05, 0.1) is 0 Å². The van der Waals surface area contributed by atoms with Crippen molar-refractivity contribution < 1.29 is 0 Å². The van der Waals surface area contributed by atoms with E-state index < -0.39 is 0 Å². The van der Waals surface area contributed by atoms with Gasteiger partial charge in [0.1, 0.15) is 5.82 Å². The largest absolute Gasteiger partial charge is 0.356 e. The summed E-state index contributed by atoms with van der Waals surface area (Å²) in [5.41, 5.74) is 1.59. The Balaban J connectivity index is 1.41. The van der Waals surface area contributed by atoms with Crippen LogP contribution in [0.3, 0.4) is 0 Å². The van der Waals surface area contributed by atoms with Gasteiger partial charge in [-0.05, 0) is 36.6 Å². The van der Waals surface area contributed by atoms with Gasteiger partial charge in [0.2, 0.25) is 0 Å². The molecular weight excluding hydrogens is 370 g/mol. The third kappa shape index (κ3) is 3.73. The minimum Gasteiger partial charge on any atom is -0.356 e. The minimum atomic E-state index is -0.303. The van der Waals surface area contributed by atoms with Crippen LogP contribution in [0.4, 0.5) is 5.82 Å². The molecule has 0 aromatic carbocycles. The molecule has 29 heavy (non-hydrogen) atoms. The van der Waals surface area contributed by atoms with E-state index in [1.54, 1.807) is 17.9 Å². The molecule has 3 aromatic heterocycles. The van der Waals surface area contributed by atoms with Crippen molar-refractivity contribution in [1.29, 1.82) is 0 Å². The molecule has 1 N–H and O–H groups in total. The highest BCUT2D eigenvalue weighted by atomic mass is 16.2. The van der Waals surface area contributed by atoms with Gasteiger partial charge >= 0.3 is 5.69 Å². The van der Waals surface area contributed by atoms with Gasteiger partial charge in [0.15, 0.2) is 5.82 Å². The number of pyridine rings is 1. The molecule has 0 spiro atoms. The van der Waals surface area contributed by atoms with Gasteiger partial charge in [0, 0.05) is 64.4 Å².